The van der Waals surface area contributed by atoms with Crippen LogP contribution in [0, 0.1) is 0 Å². The van der Waals surface area contributed by atoms with Crippen molar-refractivity contribution in [2.75, 3.05) is 25.5 Å². The maximum atomic E-state index is 12.0. The number of aromatic nitrogens is 1. The summed E-state index contributed by atoms with van der Waals surface area (Å²) < 4.78 is 31.4. The van der Waals surface area contributed by atoms with Gasteiger partial charge in [-0.25, -0.2) is 13.1 Å². The summed E-state index contributed by atoms with van der Waals surface area (Å²) in [5.74, 6) is 0.932. The lowest BCUT2D eigenvalue weighted by Crippen LogP contribution is -2.28. The summed E-state index contributed by atoms with van der Waals surface area (Å²) in [5, 5.41) is 2.91. The molecule has 0 aliphatic heterocycles. The van der Waals surface area contributed by atoms with Crippen molar-refractivity contribution in [2.24, 2.45) is 10.7 Å². The fraction of sp³-hybridized carbons (Fsp3) is 0.200. The third-order valence-electron chi connectivity index (χ3n) is 2.99. The molecular weight excluding hydrogens is 457 g/mol. The van der Waals surface area contributed by atoms with Gasteiger partial charge in [0.15, 0.2) is 5.96 Å². The molecule has 4 N–H and O–H groups in total. The summed E-state index contributed by atoms with van der Waals surface area (Å²) in [6, 6.07) is 10.2. The number of ether oxygens (including phenoxy) is 1. The third-order valence-corrected chi connectivity index (χ3v) is 4.44. The van der Waals surface area contributed by atoms with E-state index < -0.39 is 10.0 Å². The van der Waals surface area contributed by atoms with Gasteiger partial charge in [0.1, 0.15) is 10.6 Å². The van der Waals surface area contributed by atoms with Crippen LogP contribution in [0.25, 0.3) is 0 Å². The molecule has 0 spiro atoms. The Morgan fingerprint density at radius 1 is 1.28 bits per heavy atom. The maximum Gasteiger partial charge on any atom is 0.242 e. The second kappa shape index (κ2) is 10.2. The van der Waals surface area contributed by atoms with Crippen molar-refractivity contribution in [3.05, 3.63) is 48.8 Å². The fourth-order valence-electron chi connectivity index (χ4n) is 1.81. The van der Waals surface area contributed by atoms with Crippen LogP contribution in [0.1, 0.15) is 0 Å². The number of methoxy groups -OCH3 is 1. The van der Waals surface area contributed by atoms with Crippen LogP contribution >= 0.6 is 24.0 Å². The van der Waals surface area contributed by atoms with Crippen LogP contribution < -0.4 is 20.5 Å². The van der Waals surface area contributed by atoms with Crippen molar-refractivity contribution < 1.29 is 13.2 Å². The minimum Gasteiger partial charge on any atom is -0.497 e. The van der Waals surface area contributed by atoms with Gasteiger partial charge in [0.25, 0.3) is 0 Å². The molecule has 0 saturated carbocycles. The van der Waals surface area contributed by atoms with Gasteiger partial charge >= 0.3 is 0 Å². The zero-order valence-corrected chi connectivity index (χ0v) is 16.7. The van der Waals surface area contributed by atoms with Gasteiger partial charge in [0.05, 0.1) is 13.7 Å². The number of hydrogen-bond donors (Lipinski definition) is 3. The molecule has 1 aromatic carbocycles. The minimum atomic E-state index is -3.58. The van der Waals surface area contributed by atoms with Crippen LogP contribution in [-0.2, 0) is 10.0 Å². The number of pyridine rings is 1. The van der Waals surface area contributed by atoms with E-state index in [9.17, 15) is 8.42 Å². The van der Waals surface area contributed by atoms with Gasteiger partial charge in [-0.1, -0.05) is 0 Å². The average Bonchev–Trinajstić information content (AvgIpc) is 2.60. The molecule has 1 heterocycles. The molecule has 0 radical (unpaired) electrons. The van der Waals surface area contributed by atoms with Crippen LogP contribution in [0.15, 0.2) is 58.7 Å². The Kier molecular flexibility index (Phi) is 8.58. The predicted molar refractivity (Wildman–Crippen MR) is 108 cm³/mol. The number of nitrogens with one attached hydrogen (secondary N) is 2. The summed E-state index contributed by atoms with van der Waals surface area (Å²) in [7, 11) is -1.99. The third kappa shape index (κ3) is 6.84. The van der Waals surface area contributed by atoms with E-state index in [1.165, 1.54) is 18.5 Å². The van der Waals surface area contributed by atoms with Gasteiger partial charge in [0, 0.05) is 24.6 Å². The lowest BCUT2D eigenvalue weighted by molar-refractivity contribution is 0.415. The first-order valence-electron chi connectivity index (χ1n) is 7.12. The number of guanidine groups is 1. The van der Waals surface area contributed by atoms with E-state index in [0.717, 1.165) is 11.4 Å². The topological polar surface area (TPSA) is 119 Å². The Labute approximate surface area is 164 Å². The van der Waals surface area contributed by atoms with Crippen molar-refractivity contribution in [2.45, 2.75) is 4.90 Å². The van der Waals surface area contributed by atoms with E-state index >= 15 is 0 Å². The molecule has 0 bridgehead atoms. The largest absolute Gasteiger partial charge is 0.497 e. The summed E-state index contributed by atoms with van der Waals surface area (Å²) in [6.45, 7) is 0.330. The quantitative estimate of drug-likeness (QED) is 0.240. The van der Waals surface area contributed by atoms with E-state index in [0.29, 0.717) is 0 Å². The van der Waals surface area contributed by atoms with Gasteiger partial charge in [-0.05, 0) is 36.4 Å². The zero-order valence-electron chi connectivity index (χ0n) is 13.5. The SMILES string of the molecule is COc1ccc(NC(N)=NCCNS(=O)(=O)c2cccnc2)cc1.I. The number of aliphatic imine (C=N–C) groups is 1. The Balaban J connectivity index is 0.00000312. The number of halogens is 1. The van der Waals surface area contributed by atoms with E-state index in [1.807, 2.05) is 0 Å². The van der Waals surface area contributed by atoms with Crippen molar-refractivity contribution in [3.8, 4) is 5.75 Å². The highest BCUT2D eigenvalue weighted by molar-refractivity contribution is 14.0. The van der Waals surface area contributed by atoms with Crippen molar-refractivity contribution >= 4 is 45.6 Å². The molecule has 2 aromatic rings. The highest BCUT2D eigenvalue weighted by Gasteiger charge is 2.12. The standard InChI is InChI=1S/C15H19N5O3S.HI/c1-23-13-6-4-12(5-7-13)20-15(16)18-9-10-19-24(21,22)14-3-2-8-17-11-14;/h2-8,11,19H,9-10H2,1H3,(H3,16,18,20);1H. The molecule has 0 atom stereocenters. The summed E-state index contributed by atoms with van der Waals surface area (Å²) in [6.07, 6.45) is 2.79. The Hall–Kier alpha value is -1.92. The zero-order chi connectivity index (χ0) is 17.4. The summed E-state index contributed by atoms with van der Waals surface area (Å²) in [4.78, 5) is 7.96. The molecule has 0 fully saturated rings. The first-order chi connectivity index (χ1) is 11.5. The average molecular weight is 477 g/mol. The lowest BCUT2D eigenvalue weighted by atomic mass is 10.3. The smallest absolute Gasteiger partial charge is 0.242 e. The normalized spacial score (nSPS) is 11.5. The van der Waals surface area contributed by atoms with E-state index in [1.54, 1.807) is 37.4 Å². The van der Waals surface area contributed by atoms with Gasteiger partial charge in [-0.2, -0.15) is 0 Å². The maximum absolute atomic E-state index is 12.0. The lowest BCUT2D eigenvalue weighted by Gasteiger charge is -2.07. The minimum absolute atomic E-state index is 0. The highest BCUT2D eigenvalue weighted by Crippen LogP contribution is 2.14. The van der Waals surface area contributed by atoms with Crippen LogP contribution in [0.2, 0.25) is 0 Å². The van der Waals surface area contributed by atoms with Crippen molar-refractivity contribution in [1.29, 1.82) is 0 Å². The molecule has 0 unspecified atom stereocenters. The molecule has 8 nitrogen and oxygen atoms in total. The van der Waals surface area contributed by atoms with Crippen molar-refractivity contribution in [1.82, 2.24) is 9.71 Å². The predicted octanol–water partition coefficient (Wildman–Crippen LogP) is 1.41. The molecule has 136 valence electrons. The van der Waals surface area contributed by atoms with Gasteiger partial charge in [0.2, 0.25) is 10.0 Å². The molecule has 10 heteroatoms. The Morgan fingerprint density at radius 3 is 2.60 bits per heavy atom. The first kappa shape index (κ1) is 21.1. The van der Waals surface area contributed by atoms with Crippen LogP contribution in [0.4, 0.5) is 5.69 Å². The fourth-order valence-corrected chi connectivity index (χ4v) is 2.79. The monoisotopic (exact) mass is 477 g/mol. The van der Waals surface area contributed by atoms with Crippen LogP contribution in [-0.4, -0.2) is 39.6 Å². The first-order valence-corrected chi connectivity index (χ1v) is 8.60. The van der Waals surface area contributed by atoms with Gasteiger partial charge < -0.3 is 15.8 Å². The van der Waals surface area contributed by atoms with E-state index in [4.69, 9.17) is 10.5 Å². The molecule has 0 amide bonds. The Morgan fingerprint density at radius 2 is 2.00 bits per heavy atom. The molecule has 25 heavy (non-hydrogen) atoms. The number of anilines is 1. The van der Waals surface area contributed by atoms with E-state index in [2.05, 4.69) is 20.0 Å². The molecule has 2 rings (SSSR count). The number of nitrogens with two attached hydrogens (primary N) is 1. The number of sulfonamides is 1. The molecule has 0 aliphatic rings. The number of nitrogens with zero attached hydrogens (tertiary/aromatic N) is 2. The second-order valence-corrected chi connectivity index (χ2v) is 6.47. The van der Waals surface area contributed by atoms with Gasteiger partial charge in [-0.3, -0.25) is 9.98 Å². The Bertz CT molecular complexity index is 783. The summed E-state index contributed by atoms with van der Waals surface area (Å²) in [5.41, 5.74) is 6.52. The number of benzene rings is 1. The van der Waals surface area contributed by atoms with Crippen LogP contribution in [0.3, 0.4) is 0 Å². The highest BCUT2D eigenvalue weighted by atomic mass is 127. The molecule has 1 aromatic heterocycles. The van der Waals surface area contributed by atoms with Crippen molar-refractivity contribution in [3.63, 3.8) is 0 Å². The second-order valence-electron chi connectivity index (χ2n) is 4.71. The summed E-state index contributed by atoms with van der Waals surface area (Å²) >= 11 is 0. The van der Waals surface area contributed by atoms with Gasteiger partial charge in [-0.15, -0.1) is 24.0 Å². The number of hydrogen-bond acceptors (Lipinski definition) is 5. The number of rotatable bonds is 7. The molecule has 0 saturated heterocycles. The van der Waals surface area contributed by atoms with Crippen LogP contribution in [0.5, 0.6) is 5.75 Å². The van der Waals surface area contributed by atoms with E-state index in [-0.39, 0.29) is 47.9 Å². The molecular formula is C15H20IN5O3S. The molecule has 0 aliphatic carbocycles.